The molecule has 0 unspecified atom stereocenters. The minimum atomic E-state index is -0.333. The van der Waals surface area contributed by atoms with Gasteiger partial charge in [-0.3, -0.25) is 4.79 Å². The number of benzene rings is 2. The average Bonchev–Trinajstić information content (AvgIpc) is 2.74. The number of ether oxygens (including phenoxy) is 1. The van der Waals surface area contributed by atoms with Crippen molar-refractivity contribution in [2.75, 3.05) is 44.0 Å². The number of hydrogen-bond donors (Lipinski definition) is 4. The molecule has 1 saturated heterocycles. The van der Waals surface area contributed by atoms with E-state index in [-0.39, 0.29) is 17.4 Å². The molecule has 0 aromatic heterocycles. The van der Waals surface area contributed by atoms with Gasteiger partial charge < -0.3 is 26.0 Å². The van der Waals surface area contributed by atoms with Gasteiger partial charge in [-0.05, 0) is 62.3 Å². The number of hydrogen-bond acceptors (Lipinski definition) is 4. The molecule has 0 radical (unpaired) electrons. The van der Waals surface area contributed by atoms with Crippen molar-refractivity contribution in [2.45, 2.75) is 12.8 Å². The highest BCUT2D eigenvalue weighted by Gasteiger charge is 2.32. The van der Waals surface area contributed by atoms with Gasteiger partial charge in [0.05, 0.1) is 6.61 Å². The molecule has 29 heavy (non-hydrogen) atoms. The Kier molecular flexibility index (Phi) is 7.21. The number of anilines is 2. The summed E-state index contributed by atoms with van der Waals surface area (Å²) in [6, 6.07) is 15.7. The quantitative estimate of drug-likeness (QED) is 0.579. The molecule has 0 saturated carbocycles. The molecule has 154 valence electrons. The van der Waals surface area contributed by atoms with Gasteiger partial charge in [0.25, 0.3) is 5.91 Å². The summed E-state index contributed by atoms with van der Waals surface area (Å²) < 4.78 is 5.39. The number of amides is 3. The Balaban J connectivity index is 1.52. The second-order valence-corrected chi connectivity index (χ2v) is 7.39. The molecule has 0 atom stereocenters. The van der Waals surface area contributed by atoms with E-state index in [1.165, 1.54) is 0 Å². The van der Waals surface area contributed by atoms with E-state index in [2.05, 4.69) is 21.3 Å². The largest absolute Gasteiger partial charge is 0.384 e. The third kappa shape index (κ3) is 6.04. The lowest BCUT2D eigenvalue weighted by molar-refractivity contribution is 0.0512. The first-order valence-corrected chi connectivity index (χ1v) is 9.81. The van der Waals surface area contributed by atoms with E-state index in [1.807, 2.05) is 30.3 Å². The fraction of sp³-hybridized carbons (Fsp3) is 0.364. The van der Waals surface area contributed by atoms with Crippen LogP contribution in [0.1, 0.15) is 23.2 Å². The van der Waals surface area contributed by atoms with Crippen LogP contribution in [-0.4, -0.2) is 45.3 Å². The fourth-order valence-electron chi connectivity index (χ4n) is 3.53. The van der Waals surface area contributed by atoms with E-state index in [1.54, 1.807) is 31.4 Å². The highest BCUT2D eigenvalue weighted by molar-refractivity contribution is 6.00. The third-order valence-electron chi connectivity index (χ3n) is 5.18. The van der Waals surface area contributed by atoms with Crippen molar-refractivity contribution in [3.63, 3.8) is 0 Å². The Morgan fingerprint density at radius 2 is 1.59 bits per heavy atom. The Labute approximate surface area is 171 Å². The van der Waals surface area contributed by atoms with Crippen LogP contribution in [-0.2, 0) is 4.74 Å². The number of urea groups is 1. The predicted octanol–water partition coefficient (Wildman–Crippen LogP) is 3.08. The summed E-state index contributed by atoms with van der Waals surface area (Å²) >= 11 is 0. The molecule has 2 aromatic rings. The van der Waals surface area contributed by atoms with Gasteiger partial charge in [0.2, 0.25) is 0 Å². The normalized spacial score (nSPS) is 15.3. The SMILES string of the molecule is COCC1(CNC(=O)c2ccc(NC(=O)Nc3ccccc3)cc2)CCNCC1. The zero-order chi connectivity index (χ0) is 20.5. The first-order chi connectivity index (χ1) is 14.1. The standard InChI is InChI=1S/C22H28N4O3/c1-29-16-22(11-13-23-14-12-22)15-24-20(27)17-7-9-19(10-8-17)26-21(28)25-18-5-3-2-4-6-18/h2-10,23H,11-16H2,1H3,(H,24,27)(H2,25,26,28). The summed E-state index contributed by atoms with van der Waals surface area (Å²) in [4.78, 5) is 24.6. The van der Waals surface area contributed by atoms with Gasteiger partial charge in [0.15, 0.2) is 0 Å². The van der Waals surface area contributed by atoms with Crippen LogP contribution in [0, 0.1) is 5.41 Å². The van der Waals surface area contributed by atoms with Gasteiger partial charge in [0.1, 0.15) is 0 Å². The first kappa shape index (κ1) is 20.8. The Hall–Kier alpha value is -2.90. The van der Waals surface area contributed by atoms with Gasteiger partial charge in [-0.15, -0.1) is 0 Å². The van der Waals surface area contributed by atoms with E-state index in [0.29, 0.717) is 30.1 Å². The third-order valence-corrected chi connectivity index (χ3v) is 5.18. The van der Waals surface area contributed by atoms with Crippen molar-refractivity contribution in [3.8, 4) is 0 Å². The zero-order valence-electron chi connectivity index (χ0n) is 16.7. The van der Waals surface area contributed by atoms with Crippen molar-refractivity contribution in [1.29, 1.82) is 0 Å². The van der Waals surface area contributed by atoms with Gasteiger partial charge in [0, 0.05) is 36.0 Å². The number of methoxy groups -OCH3 is 1. The number of carbonyl (C=O) groups excluding carboxylic acids is 2. The number of carbonyl (C=O) groups is 2. The van der Waals surface area contributed by atoms with Crippen molar-refractivity contribution < 1.29 is 14.3 Å². The fourth-order valence-corrected chi connectivity index (χ4v) is 3.53. The zero-order valence-corrected chi connectivity index (χ0v) is 16.7. The number of para-hydroxylation sites is 1. The van der Waals surface area contributed by atoms with Crippen LogP contribution in [0.4, 0.5) is 16.2 Å². The van der Waals surface area contributed by atoms with E-state index < -0.39 is 0 Å². The number of piperidine rings is 1. The summed E-state index contributed by atoms with van der Waals surface area (Å²) in [7, 11) is 1.70. The molecule has 1 aliphatic heterocycles. The molecule has 3 rings (SSSR count). The van der Waals surface area contributed by atoms with Crippen LogP contribution in [0.2, 0.25) is 0 Å². The van der Waals surface area contributed by atoms with Crippen LogP contribution >= 0.6 is 0 Å². The molecule has 0 spiro atoms. The van der Waals surface area contributed by atoms with Gasteiger partial charge in [-0.1, -0.05) is 18.2 Å². The lowest BCUT2D eigenvalue weighted by Gasteiger charge is -2.37. The smallest absolute Gasteiger partial charge is 0.323 e. The summed E-state index contributed by atoms with van der Waals surface area (Å²) in [5.74, 6) is -0.126. The summed E-state index contributed by atoms with van der Waals surface area (Å²) in [6.45, 7) is 3.09. The van der Waals surface area contributed by atoms with Crippen molar-refractivity contribution in [3.05, 3.63) is 60.2 Å². The van der Waals surface area contributed by atoms with Gasteiger partial charge in [-0.2, -0.15) is 0 Å². The molecule has 1 aliphatic rings. The summed E-state index contributed by atoms with van der Waals surface area (Å²) in [5, 5.41) is 11.9. The molecule has 7 nitrogen and oxygen atoms in total. The first-order valence-electron chi connectivity index (χ1n) is 9.81. The van der Waals surface area contributed by atoms with Crippen LogP contribution in [0.25, 0.3) is 0 Å². The molecule has 1 fully saturated rings. The number of nitrogens with one attached hydrogen (secondary N) is 4. The van der Waals surface area contributed by atoms with Crippen LogP contribution in [0.15, 0.2) is 54.6 Å². The second kappa shape index (κ2) is 10.0. The van der Waals surface area contributed by atoms with E-state index in [0.717, 1.165) is 25.9 Å². The minimum absolute atomic E-state index is 0.0211. The average molecular weight is 396 g/mol. The molecule has 0 aliphatic carbocycles. The maximum absolute atomic E-state index is 12.5. The molecule has 4 N–H and O–H groups in total. The highest BCUT2D eigenvalue weighted by Crippen LogP contribution is 2.28. The second-order valence-electron chi connectivity index (χ2n) is 7.39. The maximum atomic E-state index is 12.5. The van der Waals surface area contributed by atoms with Gasteiger partial charge in [-0.25, -0.2) is 4.79 Å². The van der Waals surface area contributed by atoms with Crippen molar-refractivity contribution >= 4 is 23.3 Å². The maximum Gasteiger partial charge on any atom is 0.323 e. The topological polar surface area (TPSA) is 91.5 Å². The molecule has 2 aromatic carbocycles. The Morgan fingerprint density at radius 3 is 2.21 bits per heavy atom. The Morgan fingerprint density at radius 1 is 0.966 bits per heavy atom. The molecule has 7 heteroatoms. The molecule has 0 bridgehead atoms. The molecule has 3 amide bonds. The van der Waals surface area contributed by atoms with E-state index in [4.69, 9.17) is 4.74 Å². The highest BCUT2D eigenvalue weighted by atomic mass is 16.5. The molecular weight excluding hydrogens is 368 g/mol. The summed E-state index contributed by atoms with van der Waals surface area (Å²) in [5.41, 5.74) is 1.86. The van der Waals surface area contributed by atoms with Crippen LogP contribution < -0.4 is 21.3 Å². The monoisotopic (exact) mass is 396 g/mol. The predicted molar refractivity (Wildman–Crippen MR) is 114 cm³/mol. The lowest BCUT2D eigenvalue weighted by atomic mass is 9.79. The lowest BCUT2D eigenvalue weighted by Crippen LogP contribution is -2.47. The molecule has 1 heterocycles. The minimum Gasteiger partial charge on any atom is -0.384 e. The Bertz CT molecular complexity index is 797. The van der Waals surface area contributed by atoms with E-state index >= 15 is 0 Å². The van der Waals surface area contributed by atoms with Crippen LogP contribution in [0.5, 0.6) is 0 Å². The van der Waals surface area contributed by atoms with Crippen molar-refractivity contribution in [2.24, 2.45) is 5.41 Å². The molecular formula is C22H28N4O3. The van der Waals surface area contributed by atoms with Crippen molar-refractivity contribution in [1.82, 2.24) is 10.6 Å². The summed E-state index contributed by atoms with van der Waals surface area (Å²) in [6.07, 6.45) is 1.95. The number of rotatable bonds is 7. The van der Waals surface area contributed by atoms with E-state index in [9.17, 15) is 9.59 Å². The van der Waals surface area contributed by atoms with Crippen LogP contribution in [0.3, 0.4) is 0 Å². The van der Waals surface area contributed by atoms with Gasteiger partial charge >= 0.3 is 6.03 Å².